The summed E-state index contributed by atoms with van der Waals surface area (Å²) in [5.74, 6) is 0.368. The molecule has 0 aliphatic heterocycles. The Kier molecular flexibility index (Phi) is 3.04. The minimum absolute atomic E-state index is 0.280. The van der Waals surface area contributed by atoms with Crippen LogP contribution in [-0.4, -0.2) is 11.1 Å². The third-order valence-corrected chi connectivity index (χ3v) is 4.71. The van der Waals surface area contributed by atoms with Gasteiger partial charge < -0.3 is 11.5 Å². The number of nitrogens with two attached hydrogens (primary N) is 2. The molecule has 0 spiro atoms. The van der Waals surface area contributed by atoms with Gasteiger partial charge in [-0.2, -0.15) is 0 Å². The van der Waals surface area contributed by atoms with Crippen LogP contribution in [0.2, 0.25) is 0 Å². The van der Waals surface area contributed by atoms with Crippen molar-refractivity contribution in [1.29, 1.82) is 0 Å². The van der Waals surface area contributed by atoms with E-state index in [4.69, 9.17) is 11.5 Å². The van der Waals surface area contributed by atoms with E-state index in [9.17, 15) is 0 Å². The molecule has 94 valence electrons. The van der Waals surface area contributed by atoms with Crippen LogP contribution < -0.4 is 11.5 Å². The number of rotatable bonds is 1. The highest BCUT2D eigenvalue weighted by Crippen LogP contribution is 2.44. The quantitative estimate of drug-likeness (QED) is 0.782. The van der Waals surface area contributed by atoms with Crippen molar-refractivity contribution in [2.75, 3.05) is 0 Å². The first kappa shape index (κ1) is 12.6. The molecular weight excluding hydrogens is 208 g/mol. The SMILES string of the molecule is Cc1ccccc1C1CCCC(C)(N)C1(C)N. The van der Waals surface area contributed by atoms with Crippen molar-refractivity contribution in [2.24, 2.45) is 11.5 Å². The molecule has 1 fully saturated rings. The summed E-state index contributed by atoms with van der Waals surface area (Å²) in [5.41, 5.74) is 15.1. The zero-order valence-corrected chi connectivity index (χ0v) is 11.2. The smallest absolute Gasteiger partial charge is 0.0375 e. The van der Waals surface area contributed by atoms with E-state index in [2.05, 4.69) is 45.0 Å². The minimum Gasteiger partial charge on any atom is -0.324 e. The fourth-order valence-electron chi connectivity index (χ4n) is 3.10. The van der Waals surface area contributed by atoms with E-state index in [-0.39, 0.29) is 11.1 Å². The molecule has 0 aromatic heterocycles. The fraction of sp³-hybridized carbons (Fsp3) is 0.600. The van der Waals surface area contributed by atoms with Crippen LogP contribution in [0.3, 0.4) is 0 Å². The van der Waals surface area contributed by atoms with Crippen molar-refractivity contribution in [3.63, 3.8) is 0 Å². The van der Waals surface area contributed by atoms with E-state index in [0.717, 1.165) is 12.8 Å². The number of benzene rings is 1. The molecule has 3 atom stereocenters. The molecule has 1 aromatic rings. The number of hydrogen-bond donors (Lipinski definition) is 2. The van der Waals surface area contributed by atoms with Crippen molar-refractivity contribution in [3.05, 3.63) is 35.4 Å². The summed E-state index contributed by atoms with van der Waals surface area (Å²) in [4.78, 5) is 0. The maximum absolute atomic E-state index is 6.58. The first-order valence-corrected chi connectivity index (χ1v) is 6.49. The summed E-state index contributed by atoms with van der Waals surface area (Å²) < 4.78 is 0. The van der Waals surface area contributed by atoms with Gasteiger partial charge in [0.2, 0.25) is 0 Å². The Bertz CT molecular complexity index is 407. The third-order valence-electron chi connectivity index (χ3n) is 4.71. The minimum atomic E-state index is -0.336. The number of aryl methyl sites for hydroxylation is 1. The topological polar surface area (TPSA) is 52.0 Å². The molecule has 3 unspecified atom stereocenters. The van der Waals surface area contributed by atoms with Crippen LogP contribution in [0, 0.1) is 6.92 Å². The molecule has 2 nitrogen and oxygen atoms in total. The van der Waals surface area contributed by atoms with Crippen LogP contribution in [0.1, 0.15) is 50.2 Å². The highest BCUT2D eigenvalue weighted by Gasteiger charge is 2.47. The molecule has 4 N–H and O–H groups in total. The van der Waals surface area contributed by atoms with Gasteiger partial charge in [0.05, 0.1) is 0 Å². The molecule has 2 rings (SSSR count). The van der Waals surface area contributed by atoms with E-state index < -0.39 is 0 Å². The standard InChI is InChI=1S/C15H24N2/c1-11-7-4-5-8-12(11)13-9-6-10-14(2,16)15(13,3)17/h4-5,7-8,13H,6,9-10,16-17H2,1-3H3. The van der Waals surface area contributed by atoms with Crippen LogP contribution in [0.5, 0.6) is 0 Å². The van der Waals surface area contributed by atoms with Gasteiger partial charge in [-0.25, -0.2) is 0 Å². The third kappa shape index (κ3) is 2.00. The van der Waals surface area contributed by atoms with E-state index in [0.29, 0.717) is 5.92 Å². The molecule has 1 aliphatic rings. The van der Waals surface area contributed by atoms with Crippen molar-refractivity contribution in [3.8, 4) is 0 Å². The highest BCUT2D eigenvalue weighted by molar-refractivity contribution is 5.34. The van der Waals surface area contributed by atoms with E-state index in [1.165, 1.54) is 17.5 Å². The maximum Gasteiger partial charge on any atom is 0.0375 e. The predicted molar refractivity (Wildman–Crippen MR) is 73.0 cm³/mol. The van der Waals surface area contributed by atoms with Gasteiger partial charge in [0.25, 0.3) is 0 Å². The molecular formula is C15H24N2. The lowest BCUT2D eigenvalue weighted by atomic mass is 9.61. The lowest BCUT2D eigenvalue weighted by Gasteiger charge is -2.51. The second-order valence-electron chi connectivity index (χ2n) is 6.00. The van der Waals surface area contributed by atoms with Gasteiger partial charge in [-0.05, 0) is 44.7 Å². The number of hydrogen-bond acceptors (Lipinski definition) is 2. The van der Waals surface area contributed by atoms with Crippen molar-refractivity contribution in [1.82, 2.24) is 0 Å². The molecule has 0 heterocycles. The first-order chi connectivity index (χ1) is 7.86. The fourth-order valence-corrected chi connectivity index (χ4v) is 3.10. The zero-order chi connectivity index (χ0) is 12.7. The van der Waals surface area contributed by atoms with Crippen LogP contribution in [0.4, 0.5) is 0 Å². The average molecular weight is 232 g/mol. The van der Waals surface area contributed by atoms with Crippen LogP contribution in [-0.2, 0) is 0 Å². The summed E-state index contributed by atoms with van der Waals surface area (Å²) in [6.45, 7) is 6.37. The van der Waals surface area contributed by atoms with Crippen LogP contribution in [0.25, 0.3) is 0 Å². The summed E-state index contributed by atoms with van der Waals surface area (Å²) in [5, 5.41) is 0. The Morgan fingerprint density at radius 1 is 1.18 bits per heavy atom. The molecule has 0 amide bonds. The monoisotopic (exact) mass is 232 g/mol. The lowest BCUT2D eigenvalue weighted by molar-refractivity contribution is 0.152. The lowest BCUT2D eigenvalue weighted by Crippen LogP contribution is -2.67. The first-order valence-electron chi connectivity index (χ1n) is 6.49. The Balaban J connectivity index is 2.42. The van der Waals surface area contributed by atoms with Crippen molar-refractivity contribution < 1.29 is 0 Å². The van der Waals surface area contributed by atoms with Gasteiger partial charge in [0.1, 0.15) is 0 Å². The Morgan fingerprint density at radius 3 is 2.47 bits per heavy atom. The molecule has 0 saturated heterocycles. The van der Waals surface area contributed by atoms with Crippen LogP contribution >= 0.6 is 0 Å². The van der Waals surface area contributed by atoms with Gasteiger partial charge in [0.15, 0.2) is 0 Å². The Morgan fingerprint density at radius 2 is 1.82 bits per heavy atom. The van der Waals surface area contributed by atoms with Crippen molar-refractivity contribution >= 4 is 0 Å². The average Bonchev–Trinajstić information content (AvgIpc) is 2.24. The summed E-state index contributed by atoms with van der Waals surface area (Å²) in [6, 6.07) is 8.54. The van der Waals surface area contributed by atoms with Gasteiger partial charge >= 0.3 is 0 Å². The zero-order valence-electron chi connectivity index (χ0n) is 11.2. The second-order valence-corrected chi connectivity index (χ2v) is 6.00. The molecule has 0 radical (unpaired) electrons. The molecule has 1 aromatic carbocycles. The van der Waals surface area contributed by atoms with Gasteiger partial charge in [-0.15, -0.1) is 0 Å². The molecule has 1 saturated carbocycles. The summed E-state index contributed by atoms with van der Waals surface area (Å²) >= 11 is 0. The van der Waals surface area contributed by atoms with Gasteiger partial charge in [-0.3, -0.25) is 0 Å². The van der Waals surface area contributed by atoms with E-state index >= 15 is 0 Å². The normalized spacial score (nSPS) is 38.1. The van der Waals surface area contributed by atoms with E-state index in [1.54, 1.807) is 0 Å². The maximum atomic E-state index is 6.58. The molecule has 1 aliphatic carbocycles. The van der Waals surface area contributed by atoms with Crippen molar-refractivity contribution in [2.45, 2.75) is 57.0 Å². The molecule has 17 heavy (non-hydrogen) atoms. The van der Waals surface area contributed by atoms with Gasteiger partial charge in [-0.1, -0.05) is 30.7 Å². The van der Waals surface area contributed by atoms with Crippen LogP contribution in [0.15, 0.2) is 24.3 Å². The highest BCUT2D eigenvalue weighted by atomic mass is 14.9. The predicted octanol–water partition coefficient (Wildman–Crippen LogP) is 2.70. The van der Waals surface area contributed by atoms with E-state index in [1.807, 2.05) is 0 Å². The summed E-state index contributed by atoms with van der Waals surface area (Å²) in [7, 11) is 0. The summed E-state index contributed by atoms with van der Waals surface area (Å²) in [6.07, 6.45) is 3.33. The Labute approximate surface area is 104 Å². The molecule has 2 heteroatoms. The Hall–Kier alpha value is -0.860. The van der Waals surface area contributed by atoms with Gasteiger partial charge in [0, 0.05) is 17.0 Å². The molecule has 0 bridgehead atoms. The second kappa shape index (κ2) is 4.11. The largest absolute Gasteiger partial charge is 0.324 e.